The lowest BCUT2D eigenvalue weighted by molar-refractivity contribution is 0.0146. The molecule has 2 saturated carbocycles. The number of ether oxygens (including phenoxy) is 1. The molecule has 1 aromatic rings. The summed E-state index contributed by atoms with van der Waals surface area (Å²) in [5.41, 5.74) is 1.90. The lowest BCUT2D eigenvalue weighted by Gasteiger charge is -2.37. The third-order valence-corrected chi connectivity index (χ3v) is 6.24. The highest BCUT2D eigenvalue weighted by molar-refractivity contribution is 5.50. The Bertz CT molecular complexity index is 546. The largest absolute Gasteiger partial charge is 0.379 e. The Morgan fingerprint density at radius 2 is 1.48 bits per heavy atom. The van der Waals surface area contributed by atoms with Crippen molar-refractivity contribution in [2.24, 2.45) is 11.8 Å². The fourth-order valence-corrected chi connectivity index (χ4v) is 4.88. The van der Waals surface area contributed by atoms with Gasteiger partial charge in [-0.1, -0.05) is 24.3 Å². The summed E-state index contributed by atoms with van der Waals surface area (Å²) in [5, 5.41) is 0. The van der Waals surface area contributed by atoms with Crippen LogP contribution in [0.1, 0.15) is 75.3 Å². The second kappa shape index (κ2) is 8.93. The summed E-state index contributed by atoms with van der Waals surface area (Å²) in [4.78, 5) is 0. The van der Waals surface area contributed by atoms with E-state index in [0.29, 0.717) is 17.6 Å². The van der Waals surface area contributed by atoms with Crippen molar-refractivity contribution in [3.8, 4) is 0 Å². The fourth-order valence-electron chi connectivity index (χ4n) is 4.88. The van der Waals surface area contributed by atoms with E-state index in [1.54, 1.807) is 0 Å². The standard InChI is InChI=1S/C22H30F2O/c1-2-25-21-13-11-20(12-14-21)19-9-7-18(8-10-19)17-5-3-16(4-6-17)15-22(23)24/h3-6,15,18-21H,2,7-14H2,1H3. The molecule has 2 aliphatic carbocycles. The van der Waals surface area contributed by atoms with Crippen molar-refractivity contribution >= 4 is 6.08 Å². The molecule has 0 saturated heterocycles. The third kappa shape index (κ3) is 5.13. The minimum Gasteiger partial charge on any atom is -0.379 e. The fraction of sp³-hybridized carbons (Fsp3) is 0.636. The van der Waals surface area contributed by atoms with Crippen LogP contribution in [0.3, 0.4) is 0 Å². The van der Waals surface area contributed by atoms with Crippen molar-refractivity contribution in [3.63, 3.8) is 0 Å². The number of halogens is 2. The maximum Gasteiger partial charge on any atom is 0.270 e. The van der Waals surface area contributed by atoms with Gasteiger partial charge in [0.05, 0.1) is 6.10 Å². The predicted octanol–water partition coefficient (Wildman–Crippen LogP) is 6.79. The van der Waals surface area contributed by atoms with Crippen molar-refractivity contribution in [1.82, 2.24) is 0 Å². The van der Waals surface area contributed by atoms with Gasteiger partial charge in [0, 0.05) is 12.7 Å². The van der Waals surface area contributed by atoms with Gasteiger partial charge in [0.1, 0.15) is 0 Å². The minimum atomic E-state index is -1.63. The molecule has 1 aromatic carbocycles. The van der Waals surface area contributed by atoms with Crippen LogP contribution in [-0.2, 0) is 4.74 Å². The topological polar surface area (TPSA) is 9.23 Å². The van der Waals surface area contributed by atoms with Gasteiger partial charge >= 0.3 is 0 Å². The maximum absolute atomic E-state index is 12.3. The van der Waals surface area contributed by atoms with Crippen LogP contribution in [0.2, 0.25) is 0 Å². The van der Waals surface area contributed by atoms with E-state index in [0.717, 1.165) is 24.5 Å². The monoisotopic (exact) mass is 348 g/mol. The Morgan fingerprint density at radius 1 is 0.920 bits per heavy atom. The van der Waals surface area contributed by atoms with Crippen LogP contribution in [0.15, 0.2) is 30.3 Å². The smallest absolute Gasteiger partial charge is 0.270 e. The molecule has 3 heteroatoms. The van der Waals surface area contributed by atoms with E-state index >= 15 is 0 Å². The van der Waals surface area contributed by atoms with Gasteiger partial charge in [-0.3, -0.25) is 0 Å². The van der Waals surface area contributed by atoms with Crippen LogP contribution in [0.5, 0.6) is 0 Å². The van der Waals surface area contributed by atoms with Crippen molar-refractivity contribution in [2.75, 3.05) is 6.61 Å². The van der Waals surface area contributed by atoms with Crippen LogP contribution in [0, 0.1) is 11.8 Å². The van der Waals surface area contributed by atoms with E-state index in [2.05, 4.69) is 6.92 Å². The van der Waals surface area contributed by atoms with Crippen molar-refractivity contribution in [3.05, 3.63) is 41.5 Å². The molecule has 25 heavy (non-hydrogen) atoms. The van der Waals surface area contributed by atoms with Gasteiger partial charge in [0.15, 0.2) is 0 Å². The van der Waals surface area contributed by atoms with Gasteiger partial charge < -0.3 is 4.74 Å². The molecule has 0 aliphatic heterocycles. The highest BCUT2D eigenvalue weighted by Crippen LogP contribution is 2.43. The number of hydrogen-bond acceptors (Lipinski definition) is 1. The van der Waals surface area contributed by atoms with Gasteiger partial charge in [-0.15, -0.1) is 0 Å². The molecule has 0 amide bonds. The molecular weight excluding hydrogens is 318 g/mol. The molecule has 0 aromatic heterocycles. The second-order valence-corrected chi connectivity index (χ2v) is 7.70. The third-order valence-electron chi connectivity index (χ3n) is 6.24. The molecule has 2 fully saturated rings. The first-order chi connectivity index (χ1) is 12.2. The molecule has 138 valence electrons. The lowest BCUT2D eigenvalue weighted by atomic mass is 9.69. The van der Waals surface area contributed by atoms with Gasteiger partial charge in [-0.05, 0) is 87.2 Å². The zero-order valence-corrected chi connectivity index (χ0v) is 15.2. The molecule has 3 rings (SSSR count). The number of rotatable bonds is 5. The predicted molar refractivity (Wildman–Crippen MR) is 98.7 cm³/mol. The Balaban J connectivity index is 1.48. The van der Waals surface area contributed by atoms with E-state index in [9.17, 15) is 8.78 Å². The second-order valence-electron chi connectivity index (χ2n) is 7.70. The van der Waals surface area contributed by atoms with Crippen molar-refractivity contribution in [2.45, 2.75) is 70.3 Å². The molecule has 0 heterocycles. The molecule has 0 unspecified atom stereocenters. The molecule has 1 nitrogen and oxygen atoms in total. The minimum absolute atomic E-state index is 0.499. The van der Waals surface area contributed by atoms with Crippen LogP contribution in [0.25, 0.3) is 6.08 Å². The van der Waals surface area contributed by atoms with E-state index in [-0.39, 0.29) is 0 Å². The summed E-state index contributed by atoms with van der Waals surface area (Å²) in [5.74, 6) is 2.36. The van der Waals surface area contributed by atoms with E-state index in [1.807, 2.05) is 24.3 Å². The average molecular weight is 348 g/mol. The van der Waals surface area contributed by atoms with Crippen molar-refractivity contribution in [1.29, 1.82) is 0 Å². The molecule has 0 radical (unpaired) electrons. The highest BCUT2D eigenvalue weighted by atomic mass is 19.3. The van der Waals surface area contributed by atoms with Gasteiger partial charge in [0.25, 0.3) is 6.08 Å². The zero-order valence-electron chi connectivity index (χ0n) is 15.2. The summed E-state index contributed by atoms with van der Waals surface area (Å²) >= 11 is 0. The lowest BCUT2D eigenvalue weighted by Crippen LogP contribution is -2.28. The van der Waals surface area contributed by atoms with E-state index in [1.165, 1.54) is 56.9 Å². The molecular formula is C22H30F2O. The summed E-state index contributed by atoms with van der Waals surface area (Å²) in [6.07, 6.45) is 10.0. The SMILES string of the molecule is CCOC1CCC(C2CCC(c3ccc(C=C(F)F)cc3)CC2)CC1. The highest BCUT2D eigenvalue weighted by Gasteiger charge is 2.31. The van der Waals surface area contributed by atoms with Crippen LogP contribution < -0.4 is 0 Å². The quantitative estimate of drug-likeness (QED) is 0.569. The van der Waals surface area contributed by atoms with Gasteiger partial charge in [-0.2, -0.15) is 8.78 Å². The van der Waals surface area contributed by atoms with Crippen LogP contribution in [0.4, 0.5) is 8.78 Å². The Kier molecular flexibility index (Phi) is 6.63. The van der Waals surface area contributed by atoms with Crippen molar-refractivity contribution < 1.29 is 13.5 Å². The van der Waals surface area contributed by atoms with E-state index in [4.69, 9.17) is 4.74 Å². The zero-order chi connectivity index (χ0) is 17.6. The first-order valence-electron chi connectivity index (χ1n) is 9.90. The Morgan fingerprint density at radius 3 is 2.00 bits per heavy atom. The van der Waals surface area contributed by atoms with Crippen LogP contribution in [-0.4, -0.2) is 12.7 Å². The van der Waals surface area contributed by atoms with Crippen LogP contribution >= 0.6 is 0 Å². The maximum atomic E-state index is 12.3. The number of benzene rings is 1. The molecule has 0 N–H and O–H groups in total. The molecule has 2 aliphatic rings. The van der Waals surface area contributed by atoms with Gasteiger partial charge in [-0.25, -0.2) is 0 Å². The first-order valence-corrected chi connectivity index (χ1v) is 9.90. The summed E-state index contributed by atoms with van der Waals surface area (Å²) in [6.45, 7) is 2.93. The summed E-state index contributed by atoms with van der Waals surface area (Å²) in [6, 6.07) is 7.70. The normalized spacial score (nSPS) is 30.0. The summed E-state index contributed by atoms with van der Waals surface area (Å²) in [7, 11) is 0. The number of hydrogen-bond donors (Lipinski definition) is 0. The van der Waals surface area contributed by atoms with E-state index < -0.39 is 6.08 Å². The average Bonchev–Trinajstić information content (AvgIpc) is 2.63. The Labute approximate surface area is 150 Å². The molecule has 0 atom stereocenters. The first kappa shape index (κ1) is 18.6. The molecule has 0 spiro atoms. The summed E-state index contributed by atoms with van der Waals surface area (Å²) < 4.78 is 30.4. The van der Waals surface area contributed by atoms with Gasteiger partial charge in [0.2, 0.25) is 0 Å². The molecule has 0 bridgehead atoms. The Hall–Kier alpha value is -1.22.